The minimum absolute atomic E-state index is 0.0307. The summed E-state index contributed by atoms with van der Waals surface area (Å²) >= 11 is 0. The Morgan fingerprint density at radius 3 is 2.62 bits per heavy atom. The fourth-order valence-electron chi connectivity index (χ4n) is 3.87. The molecule has 1 aliphatic rings. The lowest BCUT2D eigenvalue weighted by atomic mass is 9.95. The molecule has 1 heterocycles. The minimum Gasteiger partial charge on any atom is -0.479 e. The average Bonchev–Trinajstić information content (AvgIpc) is 3.17. The van der Waals surface area contributed by atoms with Gasteiger partial charge in [-0.3, -0.25) is 0 Å². The molecule has 1 aromatic carbocycles. The molecule has 3 unspecified atom stereocenters. The van der Waals surface area contributed by atoms with Crippen LogP contribution in [-0.4, -0.2) is 47.6 Å². The van der Waals surface area contributed by atoms with Gasteiger partial charge in [-0.15, -0.1) is 0 Å². The summed E-state index contributed by atoms with van der Waals surface area (Å²) in [4.78, 5) is 15.6. The number of benzene rings is 1. The van der Waals surface area contributed by atoms with Crippen LogP contribution < -0.4 is 0 Å². The van der Waals surface area contributed by atoms with E-state index in [1.165, 1.54) is 18.2 Å². The first-order chi connectivity index (χ1) is 16.2. The number of halogens is 3. The molecule has 3 rings (SSSR count). The third-order valence-corrected chi connectivity index (χ3v) is 5.67. The van der Waals surface area contributed by atoms with Crippen LogP contribution in [0.15, 0.2) is 28.7 Å². The van der Waals surface area contributed by atoms with Gasteiger partial charge in [0, 0.05) is 12.2 Å². The van der Waals surface area contributed by atoms with Gasteiger partial charge in [-0.25, -0.2) is 9.78 Å². The quantitative estimate of drug-likeness (QED) is 0.456. The second-order valence-electron chi connectivity index (χ2n) is 8.32. The van der Waals surface area contributed by atoms with Gasteiger partial charge in [-0.2, -0.15) is 13.2 Å². The maximum Gasteiger partial charge on any atom is 0.417 e. The summed E-state index contributed by atoms with van der Waals surface area (Å²) in [7, 11) is 0. The maximum absolute atomic E-state index is 13.3. The van der Waals surface area contributed by atoms with Crippen molar-refractivity contribution >= 4 is 5.97 Å². The van der Waals surface area contributed by atoms with Gasteiger partial charge in [0.15, 0.2) is 6.10 Å². The van der Waals surface area contributed by atoms with Crippen molar-refractivity contribution < 1.29 is 41.7 Å². The average molecular weight is 485 g/mol. The van der Waals surface area contributed by atoms with Gasteiger partial charge in [0.05, 0.1) is 31.0 Å². The van der Waals surface area contributed by atoms with Gasteiger partial charge >= 0.3 is 12.1 Å². The van der Waals surface area contributed by atoms with Crippen molar-refractivity contribution in [2.45, 2.75) is 77.0 Å². The first-order valence-corrected chi connectivity index (χ1v) is 11.4. The fourth-order valence-corrected chi connectivity index (χ4v) is 3.87. The van der Waals surface area contributed by atoms with Crippen LogP contribution in [0, 0.1) is 6.92 Å². The molecule has 0 radical (unpaired) electrons. The van der Waals surface area contributed by atoms with Gasteiger partial charge < -0.3 is 23.7 Å². The summed E-state index contributed by atoms with van der Waals surface area (Å²) in [5.74, 6) is -0.755. The van der Waals surface area contributed by atoms with Crippen molar-refractivity contribution in [1.82, 2.24) is 4.98 Å². The standard InChI is InChI=1S/C24H30F3NO6/c1-3-11-31-21(23(29)30)14-33-17-8-6-7-16(12-17)32-13-20-15(2)34-22(28-20)18-9-4-5-10-19(18)24(25,26)27/h4-5,9-10,16-17,21H,3,6-8,11-14H2,1-2H3,(H,29,30). The van der Waals surface area contributed by atoms with E-state index in [1.54, 1.807) is 6.92 Å². The molecule has 3 atom stereocenters. The van der Waals surface area contributed by atoms with Gasteiger partial charge in [-0.05, 0) is 51.2 Å². The van der Waals surface area contributed by atoms with Gasteiger partial charge in [0.1, 0.15) is 11.5 Å². The van der Waals surface area contributed by atoms with Crippen LogP contribution in [0.1, 0.15) is 56.0 Å². The maximum atomic E-state index is 13.3. The zero-order valence-electron chi connectivity index (χ0n) is 19.3. The highest BCUT2D eigenvalue weighted by molar-refractivity contribution is 5.72. The molecule has 1 N–H and O–H groups in total. The highest BCUT2D eigenvalue weighted by Crippen LogP contribution is 2.37. The Morgan fingerprint density at radius 2 is 1.94 bits per heavy atom. The summed E-state index contributed by atoms with van der Waals surface area (Å²) in [5.41, 5.74) is -0.485. The number of hydrogen-bond donors (Lipinski definition) is 1. The molecular weight excluding hydrogens is 455 g/mol. The Kier molecular flexibility index (Phi) is 9.10. The Morgan fingerprint density at radius 1 is 1.24 bits per heavy atom. The van der Waals surface area contributed by atoms with Crippen LogP contribution in [0.5, 0.6) is 0 Å². The Bertz CT molecular complexity index is 945. The SMILES string of the molecule is CCCOC(COC1CCCC(OCc2nc(-c3ccccc3C(F)(F)F)oc2C)C1)C(=O)O. The number of carbonyl (C=O) groups is 1. The van der Waals surface area contributed by atoms with Crippen molar-refractivity contribution in [3.05, 3.63) is 41.3 Å². The van der Waals surface area contributed by atoms with E-state index in [0.29, 0.717) is 30.9 Å². The van der Waals surface area contributed by atoms with Crippen molar-refractivity contribution in [2.24, 2.45) is 0 Å². The molecule has 0 bridgehead atoms. The molecule has 0 saturated heterocycles. The third-order valence-electron chi connectivity index (χ3n) is 5.67. The Hall–Kier alpha value is -2.43. The number of aryl methyl sites for hydroxylation is 1. The van der Waals surface area contributed by atoms with Gasteiger partial charge in [0.2, 0.25) is 5.89 Å². The van der Waals surface area contributed by atoms with Crippen LogP contribution in [0.4, 0.5) is 13.2 Å². The lowest BCUT2D eigenvalue weighted by Crippen LogP contribution is -2.34. The molecule has 1 aromatic heterocycles. The van der Waals surface area contributed by atoms with Crippen LogP contribution in [0.2, 0.25) is 0 Å². The molecule has 0 aliphatic heterocycles. The van der Waals surface area contributed by atoms with Gasteiger partial charge in [-0.1, -0.05) is 19.1 Å². The topological polar surface area (TPSA) is 91.0 Å². The van der Waals surface area contributed by atoms with Crippen molar-refractivity contribution in [2.75, 3.05) is 13.2 Å². The molecule has 34 heavy (non-hydrogen) atoms. The number of ether oxygens (including phenoxy) is 3. The van der Waals surface area contributed by atoms with Crippen LogP contribution in [0.25, 0.3) is 11.5 Å². The largest absolute Gasteiger partial charge is 0.479 e. The molecule has 10 heteroatoms. The second kappa shape index (κ2) is 11.8. The van der Waals surface area contributed by atoms with E-state index in [2.05, 4.69) is 4.98 Å². The molecule has 0 amide bonds. The molecule has 1 aliphatic carbocycles. The number of alkyl halides is 3. The monoisotopic (exact) mass is 485 g/mol. The summed E-state index contributed by atoms with van der Waals surface area (Å²) in [5, 5.41) is 9.26. The smallest absolute Gasteiger partial charge is 0.417 e. The summed E-state index contributed by atoms with van der Waals surface area (Å²) in [6.45, 7) is 3.95. The number of nitrogens with zero attached hydrogens (tertiary/aromatic N) is 1. The normalized spacial score (nSPS) is 19.8. The van der Waals surface area contributed by atoms with E-state index in [0.717, 1.165) is 25.3 Å². The van der Waals surface area contributed by atoms with Crippen LogP contribution in [0.3, 0.4) is 0 Å². The zero-order valence-corrected chi connectivity index (χ0v) is 19.3. The summed E-state index contributed by atoms with van der Waals surface area (Å²) in [6.07, 6.45) is -2.07. The predicted molar refractivity (Wildman–Crippen MR) is 116 cm³/mol. The van der Waals surface area contributed by atoms with E-state index in [9.17, 15) is 23.1 Å². The molecule has 7 nitrogen and oxygen atoms in total. The zero-order chi connectivity index (χ0) is 24.7. The second-order valence-corrected chi connectivity index (χ2v) is 8.32. The number of rotatable bonds is 11. The molecule has 2 aromatic rings. The van der Waals surface area contributed by atoms with E-state index in [4.69, 9.17) is 18.6 Å². The number of aliphatic carboxylic acids is 1. The predicted octanol–water partition coefficient (Wildman–Crippen LogP) is 5.39. The Labute approximate surface area is 196 Å². The molecular formula is C24H30F3NO6. The number of carboxylic acid groups (broad SMARTS) is 1. The minimum atomic E-state index is -4.52. The molecule has 0 spiro atoms. The molecule has 188 valence electrons. The number of hydrogen-bond acceptors (Lipinski definition) is 6. The van der Waals surface area contributed by atoms with Crippen LogP contribution >= 0.6 is 0 Å². The molecule has 1 saturated carbocycles. The summed E-state index contributed by atoms with van der Waals surface area (Å²) in [6, 6.07) is 5.15. The highest BCUT2D eigenvalue weighted by atomic mass is 19.4. The molecule has 1 fully saturated rings. The lowest BCUT2D eigenvalue weighted by molar-refractivity contribution is -0.157. The third kappa shape index (κ3) is 7.04. The van der Waals surface area contributed by atoms with E-state index < -0.39 is 23.8 Å². The lowest BCUT2D eigenvalue weighted by Gasteiger charge is -2.29. The van der Waals surface area contributed by atoms with Crippen molar-refractivity contribution in [3.8, 4) is 11.5 Å². The van der Waals surface area contributed by atoms with Crippen molar-refractivity contribution in [3.63, 3.8) is 0 Å². The first kappa shape index (κ1) is 26.2. The fraction of sp³-hybridized carbons (Fsp3) is 0.583. The summed E-state index contributed by atoms with van der Waals surface area (Å²) < 4.78 is 62.6. The first-order valence-electron chi connectivity index (χ1n) is 11.4. The number of oxazole rings is 1. The van der Waals surface area contributed by atoms with E-state index in [1.807, 2.05) is 6.92 Å². The highest BCUT2D eigenvalue weighted by Gasteiger charge is 2.35. The van der Waals surface area contributed by atoms with Crippen molar-refractivity contribution in [1.29, 1.82) is 0 Å². The number of carboxylic acids is 1. The van der Waals surface area contributed by atoms with Crippen LogP contribution in [-0.2, 0) is 31.8 Å². The van der Waals surface area contributed by atoms with Gasteiger partial charge in [0.25, 0.3) is 0 Å². The number of aromatic nitrogens is 1. The Balaban J connectivity index is 1.57. The van der Waals surface area contributed by atoms with E-state index in [-0.39, 0.29) is 36.9 Å². The van der Waals surface area contributed by atoms with E-state index >= 15 is 0 Å².